The van der Waals surface area contributed by atoms with Crippen LogP contribution in [-0.4, -0.2) is 52.1 Å². The number of hydrogen-bond acceptors (Lipinski definition) is 5. The fraction of sp³-hybridized carbons (Fsp3) is 0.318. The molecular weight excluding hydrogens is 403 g/mol. The van der Waals surface area contributed by atoms with Gasteiger partial charge in [0.25, 0.3) is 0 Å². The maximum absolute atomic E-state index is 13.1. The summed E-state index contributed by atoms with van der Waals surface area (Å²) in [4.78, 5) is 14.2. The molecule has 0 N–H and O–H groups in total. The average Bonchev–Trinajstić information content (AvgIpc) is 3.14. The molecule has 0 fully saturated rings. The number of amides is 1. The van der Waals surface area contributed by atoms with Crippen molar-refractivity contribution in [1.82, 2.24) is 19.7 Å². The topological polar surface area (TPSA) is 60.2 Å². The minimum Gasteiger partial charge on any atom is -0.383 e. The number of nitrogens with zero attached hydrogens (tertiary/aromatic N) is 4. The molecule has 1 aromatic heterocycles. The average molecular weight is 429 g/mol. The molecule has 0 aliphatic rings. The lowest BCUT2D eigenvalue weighted by atomic mass is 10.1. The number of carbonyl (C=O) groups is 1. The number of thioether (sulfide) groups is 1. The number of rotatable bonds is 9. The lowest BCUT2D eigenvalue weighted by molar-refractivity contribution is -0.127. The van der Waals surface area contributed by atoms with Gasteiger partial charge in [0.15, 0.2) is 11.0 Å². The molecule has 1 heterocycles. The zero-order valence-electron chi connectivity index (χ0n) is 17.3. The van der Waals surface area contributed by atoms with Gasteiger partial charge < -0.3 is 9.64 Å². The standard InChI is InChI=1S/C22H25FN4O2S/c1-16-5-4-6-18(13-16)21-24-25-22(27(21)11-12-29-3)30-15-20(28)26(2)14-17-7-9-19(23)10-8-17/h4-10,13H,11-12,14-15H2,1-3H3. The highest BCUT2D eigenvalue weighted by Gasteiger charge is 2.17. The van der Waals surface area contributed by atoms with Gasteiger partial charge in [-0.05, 0) is 30.7 Å². The van der Waals surface area contributed by atoms with Crippen molar-refractivity contribution >= 4 is 17.7 Å². The predicted molar refractivity (Wildman–Crippen MR) is 116 cm³/mol. The Morgan fingerprint density at radius 3 is 2.67 bits per heavy atom. The molecule has 0 spiro atoms. The summed E-state index contributed by atoms with van der Waals surface area (Å²) in [6.45, 7) is 3.56. The third-order valence-corrected chi connectivity index (χ3v) is 5.55. The van der Waals surface area contributed by atoms with Crippen molar-refractivity contribution in [1.29, 1.82) is 0 Å². The SMILES string of the molecule is COCCn1c(SCC(=O)N(C)Cc2ccc(F)cc2)nnc1-c1cccc(C)c1. The molecule has 0 atom stereocenters. The van der Waals surface area contributed by atoms with Gasteiger partial charge in [-0.3, -0.25) is 9.36 Å². The van der Waals surface area contributed by atoms with E-state index in [0.717, 1.165) is 22.5 Å². The highest BCUT2D eigenvalue weighted by Crippen LogP contribution is 2.25. The monoisotopic (exact) mass is 428 g/mol. The van der Waals surface area contributed by atoms with E-state index in [4.69, 9.17) is 4.74 Å². The van der Waals surface area contributed by atoms with Crippen LogP contribution in [0, 0.1) is 12.7 Å². The third kappa shape index (κ3) is 5.67. The second kappa shape index (κ2) is 10.4. The molecule has 0 unspecified atom stereocenters. The molecule has 0 saturated heterocycles. The highest BCUT2D eigenvalue weighted by molar-refractivity contribution is 7.99. The van der Waals surface area contributed by atoms with Crippen molar-refractivity contribution in [3.63, 3.8) is 0 Å². The molecule has 2 aromatic carbocycles. The zero-order chi connectivity index (χ0) is 21.5. The number of halogens is 1. The number of benzene rings is 2. The van der Waals surface area contributed by atoms with Crippen LogP contribution in [-0.2, 0) is 22.6 Å². The summed E-state index contributed by atoms with van der Waals surface area (Å²) in [6.07, 6.45) is 0. The smallest absolute Gasteiger partial charge is 0.233 e. The lowest BCUT2D eigenvalue weighted by Crippen LogP contribution is -2.28. The van der Waals surface area contributed by atoms with Crippen LogP contribution in [0.25, 0.3) is 11.4 Å². The van der Waals surface area contributed by atoms with Crippen LogP contribution in [0.3, 0.4) is 0 Å². The summed E-state index contributed by atoms with van der Waals surface area (Å²) in [5.41, 5.74) is 2.99. The van der Waals surface area contributed by atoms with Crippen LogP contribution < -0.4 is 0 Å². The van der Waals surface area contributed by atoms with Gasteiger partial charge in [-0.2, -0.15) is 0 Å². The van der Waals surface area contributed by atoms with E-state index in [1.54, 1.807) is 31.2 Å². The molecular formula is C22H25FN4O2S. The number of hydrogen-bond donors (Lipinski definition) is 0. The molecule has 3 aromatic rings. The quantitative estimate of drug-likeness (QED) is 0.486. The lowest BCUT2D eigenvalue weighted by Gasteiger charge is -2.17. The first-order chi connectivity index (χ1) is 14.5. The fourth-order valence-corrected chi connectivity index (χ4v) is 3.87. The molecule has 6 nitrogen and oxygen atoms in total. The largest absolute Gasteiger partial charge is 0.383 e. The van der Waals surface area contributed by atoms with Gasteiger partial charge in [0.05, 0.1) is 18.9 Å². The summed E-state index contributed by atoms with van der Waals surface area (Å²) < 4.78 is 20.3. The summed E-state index contributed by atoms with van der Waals surface area (Å²) in [5, 5.41) is 9.34. The summed E-state index contributed by atoms with van der Waals surface area (Å²) in [7, 11) is 3.39. The predicted octanol–water partition coefficient (Wildman–Crippen LogP) is 3.79. The van der Waals surface area contributed by atoms with Crippen LogP contribution in [0.2, 0.25) is 0 Å². The van der Waals surface area contributed by atoms with Crippen LogP contribution >= 0.6 is 11.8 Å². The van der Waals surface area contributed by atoms with E-state index in [1.165, 1.54) is 23.9 Å². The van der Waals surface area contributed by atoms with E-state index in [-0.39, 0.29) is 17.5 Å². The van der Waals surface area contributed by atoms with Gasteiger partial charge in [-0.15, -0.1) is 10.2 Å². The normalized spacial score (nSPS) is 10.9. The summed E-state index contributed by atoms with van der Waals surface area (Å²) in [5.74, 6) is 0.660. The van der Waals surface area contributed by atoms with Gasteiger partial charge in [0.1, 0.15) is 5.82 Å². The van der Waals surface area contributed by atoms with Gasteiger partial charge >= 0.3 is 0 Å². The van der Waals surface area contributed by atoms with E-state index >= 15 is 0 Å². The first-order valence-corrected chi connectivity index (χ1v) is 10.6. The Kier molecular flexibility index (Phi) is 7.59. The molecule has 158 valence electrons. The van der Waals surface area contributed by atoms with Crippen LogP contribution in [0.5, 0.6) is 0 Å². The Labute approximate surface area is 180 Å². The van der Waals surface area contributed by atoms with Crippen LogP contribution in [0.1, 0.15) is 11.1 Å². The van der Waals surface area contributed by atoms with E-state index in [0.29, 0.717) is 24.9 Å². The fourth-order valence-electron chi connectivity index (χ4n) is 2.97. The van der Waals surface area contributed by atoms with E-state index in [9.17, 15) is 9.18 Å². The van der Waals surface area contributed by atoms with Crippen molar-refractivity contribution in [2.75, 3.05) is 26.5 Å². The second-order valence-corrected chi connectivity index (χ2v) is 7.93. The van der Waals surface area contributed by atoms with Gasteiger partial charge in [0.2, 0.25) is 5.91 Å². The van der Waals surface area contributed by atoms with E-state index in [2.05, 4.69) is 16.3 Å². The highest BCUT2D eigenvalue weighted by atomic mass is 32.2. The van der Waals surface area contributed by atoms with Gasteiger partial charge in [-0.1, -0.05) is 47.7 Å². The van der Waals surface area contributed by atoms with Crippen molar-refractivity contribution in [3.8, 4) is 11.4 Å². The Hall–Kier alpha value is -2.71. The second-order valence-electron chi connectivity index (χ2n) is 6.99. The number of aromatic nitrogens is 3. The number of aryl methyl sites for hydroxylation is 1. The van der Waals surface area contributed by atoms with Crippen molar-refractivity contribution in [2.24, 2.45) is 0 Å². The third-order valence-electron chi connectivity index (χ3n) is 4.60. The molecule has 0 saturated carbocycles. The number of carbonyl (C=O) groups excluding carboxylic acids is 1. The molecule has 3 rings (SSSR count). The molecule has 30 heavy (non-hydrogen) atoms. The molecule has 0 bridgehead atoms. The molecule has 0 radical (unpaired) electrons. The summed E-state index contributed by atoms with van der Waals surface area (Å²) >= 11 is 1.35. The summed E-state index contributed by atoms with van der Waals surface area (Å²) in [6, 6.07) is 14.2. The van der Waals surface area contributed by atoms with Crippen molar-refractivity contribution in [3.05, 3.63) is 65.5 Å². The van der Waals surface area contributed by atoms with Gasteiger partial charge in [0, 0.05) is 26.3 Å². The number of ether oxygens (including phenoxy) is 1. The minimum absolute atomic E-state index is 0.0391. The van der Waals surface area contributed by atoms with E-state index < -0.39 is 0 Å². The maximum atomic E-state index is 13.1. The number of methoxy groups -OCH3 is 1. The zero-order valence-corrected chi connectivity index (χ0v) is 18.2. The molecule has 8 heteroatoms. The van der Waals surface area contributed by atoms with Crippen LogP contribution in [0.15, 0.2) is 53.7 Å². The van der Waals surface area contributed by atoms with Crippen molar-refractivity contribution in [2.45, 2.75) is 25.2 Å². The Bertz CT molecular complexity index is 991. The maximum Gasteiger partial charge on any atom is 0.233 e. The van der Waals surface area contributed by atoms with E-state index in [1.807, 2.05) is 29.7 Å². The first-order valence-electron chi connectivity index (χ1n) is 9.58. The van der Waals surface area contributed by atoms with Crippen molar-refractivity contribution < 1.29 is 13.9 Å². The van der Waals surface area contributed by atoms with Gasteiger partial charge in [-0.25, -0.2) is 4.39 Å². The minimum atomic E-state index is -0.289. The molecule has 0 aliphatic heterocycles. The molecule has 1 amide bonds. The molecule has 0 aliphatic carbocycles. The Morgan fingerprint density at radius 1 is 1.20 bits per heavy atom. The Morgan fingerprint density at radius 2 is 1.97 bits per heavy atom. The first kappa shape index (κ1) is 22.0. The Balaban J connectivity index is 1.69. The van der Waals surface area contributed by atoms with Crippen LogP contribution in [0.4, 0.5) is 4.39 Å².